The van der Waals surface area contributed by atoms with Crippen molar-refractivity contribution in [2.75, 3.05) is 5.32 Å². The second-order valence-electron chi connectivity index (χ2n) is 3.42. The Balaban J connectivity index is 2.48. The van der Waals surface area contributed by atoms with Gasteiger partial charge in [0.2, 0.25) is 0 Å². The number of amides is 1. The normalized spacial score (nSPS) is 10.1. The van der Waals surface area contributed by atoms with Crippen LogP contribution in [0.4, 0.5) is 10.5 Å². The number of carbonyl (C=O) groups is 1. The van der Waals surface area contributed by atoms with Gasteiger partial charge < -0.3 is 9.67 Å². The van der Waals surface area contributed by atoms with Crippen molar-refractivity contribution in [1.29, 1.82) is 0 Å². The molecule has 1 heterocycles. The predicted molar refractivity (Wildman–Crippen MR) is 59.9 cm³/mol. The summed E-state index contributed by atoms with van der Waals surface area (Å²) in [4.78, 5) is 14.6. The van der Waals surface area contributed by atoms with Gasteiger partial charge in [0.1, 0.15) is 0 Å². The van der Waals surface area contributed by atoms with Gasteiger partial charge in [-0.05, 0) is 24.6 Å². The highest BCUT2D eigenvalue weighted by Crippen LogP contribution is 2.21. The lowest BCUT2D eigenvalue weighted by molar-refractivity contribution is 0.209. The van der Waals surface area contributed by atoms with E-state index in [9.17, 15) is 4.79 Å². The van der Waals surface area contributed by atoms with E-state index in [4.69, 9.17) is 5.11 Å². The third kappa shape index (κ3) is 2.03. The molecule has 0 spiro atoms. The van der Waals surface area contributed by atoms with Gasteiger partial charge in [-0.3, -0.25) is 5.32 Å². The minimum Gasteiger partial charge on any atom is -0.465 e. The first-order valence-corrected chi connectivity index (χ1v) is 4.76. The summed E-state index contributed by atoms with van der Waals surface area (Å²) in [6.45, 7) is 1.91. The summed E-state index contributed by atoms with van der Waals surface area (Å²) >= 11 is 0. The van der Waals surface area contributed by atoms with Gasteiger partial charge in [-0.15, -0.1) is 0 Å². The van der Waals surface area contributed by atoms with E-state index in [2.05, 4.69) is 10.3 Å². The minimum absolute atomic E-state index is 0.547. The summed E-state index contributed by atoms with van der Waals surface area (Å²) in [7, 11) is 0. The molecule has 0 unspecified atom stereocenters. The number of anilines is 1. The predicted octanol–water partition coefficient (Wildman–Crippen LogP) is 2.27. The molecule has 0 aliphatic carbocycles. The molecular weight excluding hydrogens is 206 g/mol. The SMILES string of the molecule is Cc1ccc(-n2ccnc2)c(NC(=O)O)c1. The zero-order valence-electron chi connectivity index (χ0n) is 8.71. The third-order valence-electron chi connectivity index (χ3n) is 2.18. The van der Waals surface area contributed by atoms with Crippen molar-refractivity contribution in [3.8, 4) is 5.69 Å². The molecule has 0 atom stereocenters. The smallest absolute Gasteiger partial charge is 0.409 e. The largest absolute Gasteiger partial charge is 0.465 e. The number of nitrogens with zero attached hydrogens (tertiary/aromatic N) is 2. The van der Waals surface area contributed by atoms with Gasteiger partial charge in [0.25, 0.3) is 0 Å². The Morgan fingerprint density at radius 2 is 2.31 bits per heavy atom. The zero-order chi connectivity index (χ0) is 11.5. The summed E-state index contributed by atoms with van der Waals surface area (Å²) in [5.74, 6) is 0. The van der Waals surface area contributed by atoms with E-state index in [-0.39, 0.29) is 0 Å². The molecule has 0 aliphatic rings. The molecule has 1 aromatic heterocycles. The molecule has 5 nitrogen and oxygen atoms in total. The molecule has 0 fully saturated rings. The molecule has 2 N–H and O–H groups in total. The van der Waals surface area contributed by atoms with Crippen molar-refractivity contribution in [3.63, 3.8) is 0 Å². The minimum atomic E-state index is -1.08. The van der Waals surface area contributed by atoms with Crippen LogP contribution in [0.5, 0.6) is 0 Å². The monoisotopic (exact) mass is 217 g/mol. The average molecular weight is 217 g/mol. The van der Waals surface area contributed by atoms with Crippen LogP contribution in [0.2, 0.25) is 0 Å². The highest BCUT2D eigenvalue weighted by Gasteiger charge is 2.06. The van der Waals surface area contributed by atoms with Crippen molar-refractivity contribution in [2.24, 2.45) is 0 Å². The lowest BCUT2D eigenvalue weighted by Crippen LogP contribution is -2.10. The van der Waals surface area contributed by atoms with Crippen LogP contribution >= 0.6 is 0 Å². The zero-order valence-corrected chi connectivity index (χ0v) is 8.71. The third-order valence-corrected chi connectivity index (χ3v) is 2.18. The molecule has 2 rings (SSSR count). The topological polar surface area (TPSA) is 67.2 Å². The fourth-order valence-electron chi connectivity index (χ4n) is 1.49. The molecule has 16 heavy (non-hydrogen) atoms. The Morgan fingerprint density at radius 1 is 1.50 bits per heavy atom. The fourth-order valence-corrected chi connectivity index (χ4v) is 1.49. The number of aryl methyl sites for hydroxylation is 1. The van der Waals surface area contributed by atoms with Crippen LogP contribution in [0.15, 0.2) is 36.9 Å². The van der Waals surface area contributed by atoms with E-state index in [1.807, 2.05) is 19.1 Å². The van der Waals surface area contributed by atoms with Crippen LogP contribution in [-0.2, 0) is 0 Å². The summed E-state index contributed by atoms with van der Waals surface area (Å²) in [6, 6.07) is 5.55. The maximum atomic E-state index is 10.7. The second kappa shape index (κ2) is 4.06. The van der Waals surface area contributed by atoms with Gasteiger partial charge in [0.15, 0.2) is 0 Å². The van der Waals surface area contributed by atoms with Crippen molar-refractivity contribution in [1.82, 2.24) is 9.55 Å². The van der Waals surface area contributed by atoms with E-state index in [0.717, 1.165) is 11.3 Å². The first kappa shape index (κ1) is 10.2. The van der Waals surface area contributed by atoms with Gasteiger partial charge in [0.05, 0.1) is 17.7 Å². The molecule has 82 valence electrons. The quantitative estimate of drug-likeness (QED) is 0.810. The Hall–Kier alpha value is -2.30. The summed E-state index contributed by atoms with van der Waals surface area (Å²) in [5, 5.41) is 11.1. The molecule has 1 amide bonds. The van der Waals surface area contributed by atoms with E-state index >= 15 is 0 Å². The van der Waals surface area contributed by atoms with Crippen molar-refractivity contribution in [3.05, 3.63) is 42.5 Å². The number of hydrogen-bond donors (Lipinski definition) is 2. The summed E-state index contributed by atoms with van der Waals surface area (Å²) in [5.41, 5.74) is 2.30. The molecule has 2 aromatic rings. The van der Waals surface area contributed by atoms with Gasteiger partial charge in [-0.25, -0.2) is 9.78 Å². The molecule has 0 bridgehead atoms. The second-order valence-corrected chi connectivity index (χ2v) is 3.42. The number of carboxylic acid groups (broad SMARTS) is 1. The molecule has 0 aliphatic heterocycles. The van der Waals surface area contributed by atoms with Crippen LogP contribution < -0.4 is 5.32 Å². The van der Waals surface area contributed by atoms with Crippen LogP contribution in [0.1, 0.15) is 5.56 Å². The van der Waals surface area contributed by atoms with Gasteiger partial charge in [-0.2, -0.15) is 0 Å². The van der Waals surface area contributed by atoms with Gasteiger partial charge in [-0.1, -0.05) is 6.07 Å². The van der Waals surface area contributed by atoms with Gasteiger partial charge >= 0.3 is 6.09 Å². The summed E-state index contributed by atoms with van der Waals surface area (Å²) in [6.07, 6.45) is 3.95. The number of rotatable bonds is 2. The van der Waals surface area contributed by atoms with Crippen molar-refractivity contribution in [2.45, 2.75) is 6.92 Å². The molecule has 0 radical (unpaired) electrons. The standard InChI is InChI=1S/C11H11N3O2/c1-8-2-3-10(14-5-4-12-7-14)9(6-8)13-11(15)16/h2-7,13H,1H3,(H,15,16). The van der Waals surface area contributed by atoms with E-state index in [0.29, 0.717) is 5.69 Å². The number of benzene rings is 1. The molecular formula is C11H11N3O2. The fraction of sp³-hybridized carbons (Fsp3) is 0.0909. The van der Waals surface area contributed by atoms with E-state index in [1.165, 1.54) is 0 Å². The van der Waals surface area contributed by atoms with E-state index in [1.54, 1.807) is 29.4 Å². The first-order valence-electron chi connectivity index (χ1n) is 4.76. The lowest BCUT2D eigenvalue weighted by atomic mass is 10.2. The highest BCUT2D eigenvalue weighted by molar-refractivity contribution is 5.86. The van der Waals surface area contributed by atoms with Crippen molar-refractivity contribution >= 4 is 11.8 Å². The molecule has 5 heteroatoms. The lowest BCUT2D eigenvalue weighted by Gasteiger charge is -2.10. The number of imidazole rings is 1. The van der Waals surface area contributed by atoms with Crippen LogP contribution in [0.25, 0.3) is 5.69 Å². The Bertz CT molecular complexity index is 506. The Labute approximate surface area is 92.4 Å². The maximum Gasteiger partial charge on any atom is 0.409 e. The molecule has 0 saturated carbocycles. The van der Waals surface area contributed by atoms with Gasteiger partial charge in [0, 0.05) is 12.4 Å². The van der Waals surface area contributed by atoms with Crippen LogP contribution in [0.3, 0.4) is 0 Å². The maximum absolute atomic E-state index is 10.7. The molecule has 1 aromatic carbocycles. The van der Waals surface area contributed by atoms with Crippen LogP contribution in [0, 0.1) is 6.92 Å². The summed E-state index contributed by atoms with van der Waals surface area (Å²) < 4.78 is 1.75. The Morgan fingerprint density at radius 3 is 2.94 bits per heavy atom. The number of hydrogen-bond acceptors (Lipinski definition) is 2. The van der Waals surface area contributed by atoms with Crippen LogP contribution in [-0.4, -0.2) is 20.8 Å². The average Bonchev–Trinajstić information content (AvgIpc) is 2.69. The number of aromatic nitrogens is 2. The Kier molecular flexibility index (Phi) is 2.59. The number of nitrogens with one attached hydrogen (secondary N) is 1. The van der Waals surface area contributed by atoms with Crippen molar-refractivity contribution < 1.29 is 9.90 Å². The highest BCUT2D eigenvalue weighted by atomic mass is 16.4. The molecule has 0 saturated heterocycles. The first-order chi connectivity index (χ1) is 7.66. The van der Waals surface area contributed by atoms with E-state index < -0.39 is 6.09 Å².